The van der Waals surface area contributed by atoms with E-state index >= 15 is 0 Å². The Hall–Kier alpha value is -3.56. The number of hydrogen-bond acceptors (Lipinski definition) is 5. The van der Waals surface area contributed by atoms with E-state index in [1.54, 1.807) is 66.7 Å². The van der Waals surface area contributed by atoms with Gasteiger partial charge in [-0.3, -0.25) is 13.9 Å². The first kappa shape index (κ1) is 30.0. The number of amides is 2. The summed E-state index contributed by atoms with van der Waals surface area (Å²) in [7, 11) is -2.67. The molecular formula is C29H34ClN3O5S. The van der Waals surface area contributed by atoms with Crippen molar-refractivity contribution in [2.45, 2.75) is 44.2 Å². The van der Waals surface area contributed by atoms with Crippen LogP contribution in [0.15, 0.2) is 83.8 Å². The second kappa shape index (κ2) is 14.0. The van der Waals surface area contributed by atoms with Crippen LogP contribution in [-0.2, 0) is 26.2 Å². The van der Waals surface area contributed by atoms with Crippen molar-refractivity contribution in [2.75, 3.05) is 24.5 Å². The van der Waals surface area contributed by atoms with Gasteiger partial charge in [0.2, 0.25) is 11.8 Å². The Balaban J connectivity index is 2.07. The zero-order valence-electron chi connectivity index (χ0n) is 22.3. The molecule has 3 aromatic rings. The number of nitrogens with one attached hydrogen (secondary N) is 1. The topological polar surface area (TPSA) is 96.0 Å². The predicted molar refractivity (Wildman–Crippen MR) is 153 cm³/mol. The predicted octanol–water partition coefficient (Wildman–Crippen LogP) is 4.88. The van der Waals surface area contributed by atoms with Gasteiger partial charge >= 0.3 is 0 Å². The van der Waals surface area contributed by atoms with E-state index in [0.29, 0.717) is 29.3 Å². The van der Waals surface area contributed by atoms with Gasteiger partial charge in [0.15, 0.2) is 0 Å². The maximum atomic E-state index is 14.0. The van der Waals surface area contributed by atoms with Gasteiger partial charge in [0.1, 0.15) is 18.3 Å². The van der Waals surface area contributed by atoms with Gasteiger partial charge in [-0.15, -0.1) is 0 Å². The fourth-order valence-electron chi connectivity index (χ4n) is 4.11. The van der Waals surface area contributed by atoms with Crippen molar-refractivity contribution in [1.82, 2.24) is 10.2 Å². The number of sulfonamides is 1. The fourth-order valence-corrected chi connectivity index (χ4v) is 5.73. The maximum absolute atomic E-state index is 14.0. The van der Waals surface area contributed by atoms with Gasteiger partial charge < -0.3 is 15.0 Å². The lowest BCUT2D eigenvalue weighted by molar-refractivity contribution is -0.140. The van der Waals surface area contributed by atoms with Gasteiger partial charge in [-0.1, -0.05) is 67.9 Å². The number of ether oxygens (including phenoxy) is 1. The van der Waals surface area contributed by atoms with Crippen LogP contribution in [0.3, 0.4) is 0 Å². The van der Waals surface area contributed by atoms with Crippen molar-refractivity contribution in [3.05, 3.63) is 89.4 Å². The second-order valence-corrected chi connectivity index (χ2v) is 11.1. The highest BCUT2D eigenvalue weighted by Crippen LogP contribution is 2.28. The Labute approximate surface area is 235 Å². The van der Waals surface area contributed by atoms with E-state index in [1.807, 2.05) is 13.8 Å². The molecule has 39 heavy (non-hydrogen) atoms. The van der Waals surface area contributed by atoms with Crippen molar-refractivity contribution < 1.29 is 22.7 Å². The van der Waals surface area contributed by atoms with Gasteiger partial charge in [0, 0.05) is 24.2 Å². The van der Waals surface area contributed by atoms with Crippen LogP contribution in [0.25, 0.3) is 0 Å². The summed E-state index contributed by atoms with van der Waals surface area (Å²) >= 11 is 6.41. The molecule has 0 aliphatic rings. The van der Waals surface area contributed by atoms with E-state index in [1.165, 1.54) is 24.1 Å². The van der Waals surface area contributed by atoms with E-state index < -0.39 is 28.5 Å². The first-order chi connectivity index (χ1) is 18.7. The van der Waals surface area contributed by atoms with Crippen LogP contribution in [0.4, 0.5) is 5.69 Å². The minimum atomic E-state index is -4.15. The minimum Gasteiger partial charge on any atom is -0.497 e. The molecule has 0 radical (unpaired) electrons. The van der Waals surface area contributed by atoms with E-state index in [0.717, 1.165) is 10.7 Å². The summed E-state index contributed by atoms with van der Waals surface area (Å²) < 4.78 is 34.0. The quantitative estimate of drug-likeness (QED) is 0.315. The zero-order chi connectivity index (χ0) is 28.4. The number of carbonyl (C=O) groups excluding carboxylic acids is 2. The molecule has 1 N–H and O–H groups in total. The fraction of sp³-hybridized carbons (Fsp3) is 0.310. The minimum absolute atomic E-state index is 0.0333. The van der Waals surface area contributed by atoms with Gasteiger partial charge in [-0.2, -0.15) is 0 Å². The second-order valence-electron chi connectivity index (χ2n) is 8.85. The average molecular weight is 572 g/mol. The lowest BCUT2D eigenvalue weighted by Crippen LogP contribution is -2.52. The first-order valence-corrected chi connectivity index (χ1v) is 14.6. The Morgan fingerprint density at radius 2 is 1.67 bits per heavy atom. The Kier molecular flexibility index (Phi) is 10.8. The van der Waals surface area contributed by atoms with Crippen LogP contribution in [0.1, 0.15) is 32.3 Å². The van der Waals surface area contributed by atoms with Crippen LogP contribution in [0.2, 0.25) is 5.02 Å². The average Bonchev–Trinajstić information content (AvgIpc) is 2.95. The monoisotopic (exact) mass is 571 g/mol. The molecule has 0 spiro atoms. The van der Waals surface area contributed by atoms with E-state index in [2.05, 4.69) is 5.32 Å². The van der Waals surface area contributed by atoms with Gasteiger partial charge in [-0.25, -0.2) is 8.42 Å². The lowest BCUT2D eigenvalue weighted by atomic mass is 10.1. The molecule has 0 fully saturated rings. The molecule has 3 aromatic carbocycles. The molecule has 3 rings (SSSR count). The molecule has 208 valence electrons. The molecule has 10 heteroatoms. The number of halogens is 1. The number of anilines is 1. The smallest absolute Gasteiger partial charge is 0.264 e. The van der Waals surface area contributed by atoms with Crippen LogP contribution in [-0.4, -0.2) is 51.4 Å². The SMILES string of the molecule is CCCNC(=O)[C@H](CC)N(Cc1ccccc1Cl)C(=O)CN(c1cccc(OC)c1)S(=O)(=O)c1ccccc1. The Morgan fingerprint density at radius 3 is 2.31 bits per heavy atom. The highest BCUT2D eigenvalue weighted by molar-refractivity contribution is 7.92. The van der Waals surface area contributed by atoms with Gasteiger partial charge in [0.05, 0.1) is 17.7 Å². The third-order valence-corrected chi connectivity index (χ3v) is 8.34. The molecular weight excluding hydrogens is 538 g/mol. The Morgan fingerprint density at radius 1 is 0.974 bits per heavy atom. The molecule has 0 aliphatic carbocycles. The number of hydrogen-bond donors (Lipinski definition) is 1. The lowest BCUT2D eigenvalue weighted by Gasteiger charge is -2.33. The van der Waals surface area contributed by atoms with Gasteiger partial charge in [-0.05, 0) is 48.7 Å². The third-order valence-electron chi connectivity index (χ3n) is 6.19. The van der Waals surface area contributed by atoms with E-state index in [9.17, 15) is 18.0 Å². The largest absolute Gasteiger partial charge is 0.497 e. The molecule has 0 aromatic heterocycles. The number of methoxy groups -OCH3 is 1. The molecule has 0 heterocycles. The van der Waals surface area contributed by atoms with Crippen molar-refractivity contribution >= 4 is 39.1 Å². The first-order valence-electron chi connectivity index (χ1n) is 12.7. The normalized spacial score (nSPS) is 11.9. The van der Waals surface area contributed by atoms with Crippen molar-refractivity contribution in [1.29, 1.82) is 0 Å². The summed E-state index contributed by atoms with van der Waals surface area (Å²) in [5.41, 5.74) is 0.904. The summed E-state index contributed by atoms with van der Waals surface area (Å²) in [6.07, 6.45) is 1.07. The number of rotatable bonds is 13. The maximum Gasteiger partial charge on any atom is 0.264 e. The summed E-state index contributed by atoms with van der Waals surface area (Å²) in [6.45, 7) is 3.71. The molecule has 0 unspecified atom stereocenters. The molecule has 1 atom stereocenters. The summed E-state index contributed by atoms with van der Waals surface area (Å²) in [4.78, 5) is 28.6. The molecule has 0 saturated heterocycles. The Bertz CT molecular complexity index is 1370. The molecule has 2 amide bonds. The molecule has 0 bridgehead atoms. The van der Waals surface area contributed by atoms with E-state index in [-0.39, 0.29) is 23.0 Å². The summed E-state index contributed by atoms with van der Waals surface area (Å²) in [5.74, 6) is -0.416. The number of benzene rings is 3. The van der Waals surface area contributed by atoms with Crippen LogP contribution in [0, 0.1) is 0 Å². The van der Waals surface area contributed by atoms with Crippen LogP contribution >= 0.6 is 11.6 Å². The highest BCUT2D eigenvalue weighted by atomic mass is 35.5. The van der Waals surface area contributed by atoms with Crippen molar-refractivity contribution in [2.24, 2.45) is 0 Å². The third kappa shape index (κ3) is 7.52. The standard InChI is InChI=1S/C29H34ClN3O5S/c1-4-18-31-29(35)27(5-2)32(20-22-12-9-10-17-26(22)30)28(34)21-33(23-13-11-14-24(19-23)38-3)39(36,37)25-15-7-6-8-16-25/h6-17,19,27H,4-5,18,20-21H2,1-3H3,(H,31,35)/t27-/m0/s1. The summed E-state index contributed by atoms with van der Waals surface area (Å²) in [6, 6.07) is 20.6. The van der Waals surface area contributed by atoms with E-state index in [4.69, 9.17) is 16.3 Å². The number of carbonyl (C=O) groups is 2. The molecule has 0 saturated carbocycles. The van der Waals surface area contributed by atoms with Crippen LogP contribution in [0.5, 0.6) is 5.75 Å². The highest BCUT2D eigenvalue weighted by Gasteiger charge is 2.34. The summed E-state index contributed by atoms with van der Waals surface area (Å²) in [5, 5.41) is 3.31. The van der Waals surface area contributed by atoms with Crippen molar-refractivity contribution in [3.8, 4) is 5.75 Å². The number of nitrogens with zero attached hydrogens (tertiary/aromatic N) is 2. The zero-order valence-corrected chi connectivity index (χ0v) is 23.9. The molecule has 8 nitrogen and oxygen atoms in total. The van der Waals surface area contributed by atoms with Crippen LogP contribution < -0.4 is 14.4 Å². The van der Waals surface area contributed by atoms with Crippen molar-refractivity contribution in [3.63, 3.8) is 0 Å². The molecule has 0 aliphatic heterocycles. The van der Waals surface area contributed by atoms with Gasteiger partial charge in [0.25, 0.3) is 10.0 Å².